The van der Waals surface area contributed by atoms with Gasteiger partial charge in [0.15, 0.2) is 0 Å². The largest absolute Gasteiger partial charge is 0.383 e. The van der Waals surface area contributed by atoms with E-state index < -0.39 is 0 Å². The van der Waals surface area contributed by atoms with Gasteiger partial charge in [-0.2, -0.15) is 5.10 Å². The number of aryl methyl sites for hydroxylation is 1. The zero-order chi connectivity index (χ0) is 11.3. The molecule has 0 radical (unpaired) electrons. The second-order valence-electron chi connectivity index (χ2n) is 3.89. The van der Waals surface area contributed by atoms with Crippen molar-refractivity contribution < 1.29 is 4.74 Å². The lowest BCUT2D eigenvalue weighted by molar-refractivity contribution is 0.159. The fourth-order valence-corrected chi connectivity index (χ4v) is 1.56. The van der Waals surface area contributed by atoms with Crippen molar-refractivity contribution >= 4 is 0 Å². The number of nitrogens with two attached hydrogens (primary N) is 1. The second kappa shape index (κ2) is 5.85. The minimum Gasteiger partial charge on any atom is -0.383 e. The Bertz CT molecular complexity index is 287. The molecule has 0 saturated heterocycles. The summed E-state index contributed by atoms with van der Waals surface area (Å²) in [6.45, 7) is 2.22. The fraction of sp³-hybridized carbons (Fsp3) is 0.700. The topological polar surface area (TPSA) is 56.3 Å². The highest BCUT2D eigenvalue weighted by molar-refractivity contribution is 4.98. The summed E-state index contributed by atoms with van der Waals surface area (Å²) in [5.41, 5.74) is 6.91. The zero-order valence-electron chi connectivity index (χ0n) is 9.68. The van der Waals surface area contributed by atoms with Crippen LogP contribution >= 0.6 is 0 Å². The van der Waals surface area contributed by atoms with Crippen LogP contribution in [0.15, 0.2) is 12.3 Å². The van der Waals surface area contributed by atoms with Crippen LogP contribution in [0.3, 0.4) is 0 Å². The summed E-state index contributed by atoms with van der Waals surface area (Å²) in [5.74, 6) is 0. The Labute approximate surface area is 90.8 Å². The predicted molar refractivity (Wildman–Crippen MR) is 59.4 cm³/mol. The first kappa shape index (κ1) is 12.2. The first-order valence-corrected chi connectivity index (χ1v) is 5.03. The highest BCUT2D eigenvalue weighted by atomic mass is 16.5. The van der Waals surface area contributed by atoms with Crippen LogP contribution in [0.4, 0.5) is 0 Å². The van der Waals surface area contributed by atoms with E-state index in [2.05, 4.69) is 10.00 Å². The van der Waals surface area contributed by atoms with Crippen LogP contribution in [0, 0.1) is 0 Å². The molecule has 0 aliphatic rings. The smallest absolute Gasteiger partial charge is 0.0764 e. The van der Waals surface area contributed by atoms with Crippen molar-refractivity contribution in [2.75, 3.05) is 27.3 Å². The molecule has 1 heterocycles. The fourth-order valence-electron chi connectivity index (χ4n) is 1.56. The average molecular weight is 212 g/mol. The molecule has 1 rings (SSSR count). The van der Waals surface area contributed by atoms with E-state index in [1.807, 2.05) is 26.4 Å². The maximum atomic E-state index is 5.85. The van der Waals surface area contributed by atoms with Crippen LogP contribution in [-0.4, -0.2) is 48.0 Å². The van der Waals surface area contributed by atoms with E-state index in [9.17, 15) is 0 Å². The Balaban J connectivity index is 2.32. The molecular formula is C10H20N4O. The minimum atomic E-state index is 0.0590. The summed E-state index contributed by atoms with van der Waals surface area (Å²) >= 11 is 0. The van der Waals surface area contributed by atoms with Gasteiger partial charge in [-0.1, -0.05) is 0 Å². The minimum absolute atomic E-state index is 0.0590. The van der Waals surface area contributed by atoms with Gasteiger partial charge in [0.05, 0.1) is 12.3 Å². The van der Waals surface area contributed by atoms with Gasteiger partial charge < -0.3 is 10.5 Å². The van der Waals surface area contributed by atoms with Gasteiger partial charge in [-0.3, -0.25) is 9.58 Å². The summed E-state index contributed by atoms with van der Waals surface area (Å²) in [6.07, 6.45) is 1.94. The van der Waals surface area contributed by atoms with Crippen LogP contribution in [0.1, 0.15) is 5.69 Å². The highest BCUT2D eigenvalue weighted by Crippen LogP contribution is 1.99. The molecule has 5 nitrogen and oxygen atoms in total. The molecule has 1 aromatic rings. The molecule has 0 aliphatic carbocycles. The first-order valence-electron chi connectivity index (χ1n) is 5.03. The third-order valence-electron chi connectivity index (χ3n) is 2.13. The van der Waals surface area contributed by atoms with Gasteiger partial charge in [-0.05, 0) is 13.1 Å². The van der Waals surface area contributed by atoms with Crippen LogP contribution in [0.5, 0.6) is 0 Å². The van der Waals surface area contributed by atoms with Crippen LogP contribution in [0.25, 0.3) is 0 Å². The normalized spacial score (nSPS) is 13.4. The molecule has 0 amide bonds. The standard InChI is InChI=1S/C10H20N4O/c1-13(6-9(11)8-15-3)7-10-4-5-14(2)12-10/h4-5,9H,6-8,11H2,1-3H3. The third kappa shape index (κ3) is 4.42. The monoisotopic (exact) mass is 212 g/mol. The molecule has 0 saturated carbocycles. The van der Waals surface area contributed by atoms with Gasteiger partial charge >= 0.3 is 0 Å². The van der Waals surface area contributed by atoms with Crippen molar-refractivity contribution in [3.8, 4) is 0 Å². The van der Waals surface area contributed by atoms with E-state index in [-0.39, 0.29) is 6.04 Å². The lowest BCUT2D eigenvalue weighted by Gasteiger charge is -2.19. The Morgan fingerprint density at radius 2 is 2.40 bits per heavy atom. The second-order valence-corrected chi connectivity index (χ2v) is 3.89. The van der Waals surface area contributed by atoms with Crippen molar-refractivity contribution in [3.05, 3.63) is 18.0 Å². The molecule has 1 aromatic heterocycles. The van der Waals surface area contributed by atoms with Crippen molar-refractivity contribution in [2.45, 2.75) is 12.6 Å². The molecule has 0 aliphatic heterocycles. The van der Waals surface area contributed by atoms with Gasteiger partial charge in [-0.15, -0.1) is 0 Å². The van der Waals surface area contributed by atoms with E-state index in [1.54, 1.807) is 11.8 Å². The molecule has 0 aromatic carbocycles. The van der Waals surface area contributed by atoms with Crippen molar-refractivity contribution in [1.29, 1.82) is 0 Å². The third-order valence-corrected chi connectivity index (χ3v) is 2.13. The number of likely N-dealkylation sites (N-methyl/N-ethyl adjacent to an activating group) is 1. The molecule has 15 heavy (non-hydrogen) atoms. The number of hydrogen-bond donors (Lipinski definition) is 1. The summed E-state index contributed by atoms with van der Waals surface area (Å²) < 4.78 is 6.79. The van der Waals surface area contributed by atoms with Gasteiger partial charge in [-0.25, -0.2) is 0 Å². The van der Waals surface area contributed by atoms with Gasteiger partial charge in [0.25, 0.3) is 0 Å². The lowest BCUT2D eigenvalue weighted by atomic mass is 10.3. The molecule has 0 bridgehead atoms. The van der Waals surface area contributed by atoms with Crippen LogP contribution < -0.4 is 5.73 Å². The molecule has 1 unspecified atom stereocenters. The van der Waals surface area contributed by atoms with Crippen molar-refractivity contribution in [3.63, 3.8) is 0 Å². The Kier molecular flexibility index (Phi) is 4.74. The number of rotatable bonds is 6. The molecule has 1 atom stereocenters. The summed E-state index contributed by atoms with van der Waals surface area (Å²) in [5, 5.41) is 4.31. The highest BCUT2D eigenvalue weighted by Gasteiger charge is 2.08. The van der Waals surface area contributed by atoms with Crippen LogP contribution in [0.2, 0.25) is 0 Å². The molecule has 0 fully saturated rings. The van der Waals surface area contributed by atoms with E-state index in [0.717, 1.165) is 18.8 Å². The molecule has 2 N–H and O–H groups in total. The maximum Gasteiger partial charge on any atom is 0.0764 e. The van der Waals surface area contributed by atoms with Gasteiger partial charge in [0.1, 0.15) is 0 Å². The average Bonchev–Trinajstić information content (AvgIpc) is 2.51. The first-order chi connectivity index (χ1) is 7.11. The van der Waals surface area contributed by atoms with Crippen molar-refractivity contribution in [2.24, 2.45) is 12.8 Å². The Morgan fingerprint density at radius 1 is 1.67 bits per heavy atom. The number of methoxy groups -OCH3 is 1. The summed E-state index contributed by atoms with van der Waals surface area (Å²) in [7, 11) is 5.61. The summed E-state index contributed by atoms with van der Waals surface area (Å²) in [6, 6.07) is 2.07. The van der Waals surface area contributed by atoms with Crippen molar-refractivity contribution in [1.82, 2.24) is 14.7 Å². The Hall–Kier alpha value is -0.910. The lowest BCUT2D eigenvalue weighted by Crippen LogP contribution is -2.38. The van der Waals surface area contributed by atoms with Gasteiger partial charge in [0.2, 0.25) is 0 Å². The molecule has 0 spiro atoms. The number of ether oxygens (including phenoxy) is 1. The van der Waals surface area contributed by atoms with E-state index >= 15 is 0 Å². The Morgan fingerprint density at radius 3 is 2.93 bits per heavy atom. The van der Waals surface area contributed by atoms with E-state index in [4.69, 9.17) is 10.5 Å². The van der Waals surface area contributed by atoms with E-state index in [0.29, 0.717) is 6.61 Å². The van der Waals surface area contributed by atoms with E-state index in [1.165, 1.54) is 0 Å². The van der Waals surface area contributed by atoms with Gasteiger partial charge in [0, 0.05) is 39.5 Å². The molecule has 5 heteroatoms. The predicted octanol–water partition coefficient (Wildman–Crippen LogP) is -0.174. The molecular weight excluding hydrogens is 192 g/mol. The number of aromatic nitrogens is 2. The molecule has 86 valence electrons. The zero-order valence-corrected chi connectivity index (χ0v) is 9.68. The summed E-state index contributed by atoms with van der Waals surface area (Å²) in [4.78, 5) is 2.14. The maximum absolute atomic E-state index is 5.85. The van der Waals surface area contributed by atoms with Crippen LogP contribution in [-0.2, 0) is 18.3 Å². The number of nitrogens with zero attached hydrogens (tertiary/aromatic N) is 3. The quantitative estimate of drug-likeness (QED) is 0.711. The SMILES string of the molecule is COCC(N)CN(C)Cc1ccn(C)n1. The number of hydrogen-bond acceptors (Lipinski definition) is 4.